The summed E-state index contributed by atoms with van der Waals surface area (Å²) in [4.78, 5) is 13.4. The second-order valence-corrected chi connectivity index (χ2v) is 11.4. The highest BCUT2D eigenvalue weighted by Crippen LogP contribution is 2.33. The molecule has 0 spiro atoms. The Morgan fingerprint density at radius 2 is 0.792 bits per heavy atom. The summed E-state index contributed by atoms with van der Waals surface area (Å²) in [5.41, 5.74) is 5.78. The lowest BCUT2D eigenvalue weighted by Crippen LogP contribution is -2.15. The molecule has 48 heavy (non-hydrogen) atoms. The van der Waals surface area contributed by atoms with E-state index in [1.54, 1.807) is 0 Å². The Labute approximate surface area is 283 Å². The Morgan fingerprint density at radius 3 is 1.15 bits per heavy atom. The predicted octanol–water partition coefficient (Wildman–Crippen LogP) is 6.58. The Kier molecular flexibility index (Phi) is 12.7. The van der Waals surface area contributed by atoms with Crippen LogP contribution in [0.2, 0.25) is 0 Å². The van der Waals surface area contributed by atoms with Crippen molar-refractivity contribution >= 4 is 35.2 Å². The highest BCUT2D eigenvalue weighted by atomic mass is 16.6. The molecule has 0 fully saturated rings. The van der Waals surface area contributed by atoms with Crippen molar-refractivity contribution in [3.05, 3.63) is 96.1 Å². The van der Waals surface area contributed by atoms with Gasteiger partial charge in [-0.25, -0.2) is 0 Å². The number of nitrogens with zero attached hydrogens (tertiary/aromatic N) is 4. The lowest BCUT2D eigenvalue weighted by atomic mass is 10.2. The highest BCUT2D eigenvalue weighted by Gasteiger charge is 2.10. The molecule has 0 saturated carbocycles. The SMILES string of the molecule is CN(C)c1ccc(C=Nc2ccc3c(c2)OCCOCCOc2cc(N=Cc4ccc(N(C)C)cc4)ccc2OCCOCCO3)cc1. The fourth-order valence-corrected chi connectivity index (χ4v) is 4.68. The van der Waals surface area contributed by atoms with Crippen LogP contribution in [0.5, 0.6) is 23.0 Å². The number of rotatable bonds is 6. The van der Waals surface area contributed by atoms with E-state index in [0.29, 0.717) is 75.9 Å². The van der Waals surface area contributed by atoms with Crippen molar-refractivity contribution in [2.75, 3.05) is 90.8 Å². The normalized spacial score (nSPS) is 14.8. The van der Waals surface area contributed by atoms with E-state index < -0.39 is 0 Å². The van der Waals surface area contributed by atoms with Crippen molar-refractivity contribution < 1.29 is 28.4 Å². The first kappa shape index (κ1) is 34.3. The summed E-state index contributed by atoms with van der Waals surface area (Å²) in [6.45, 7) is 2.90. The molecule has 0 N–H and O–H groups in total. The molecule has 1 aliphatic heterocycles. The lowest BCUT2D eigenvalue weighted by molar-refractivity contribution is 0.0640. The topological polar surface area (TPSA) is 86.6 Å². The van der Waals surface area contributed by atoms with Gasteiger partial charge < -0.3 is 38.2 Å². The van der Waals surface area contributed by atoms with E-state index in [1.807, 2.05) is 101 Å². The van der Waals surface area contributed by atoms with Gasteiger partial charge in [0.05, 0.1) is 37.8 Å². The summed E-state index contributed by atoms with van der Waals surface area (Å²) in [5.74, 6) is 2.42. The Morgan fingerprint density at radius 1 is 0.438 bits per heavy atom. The third-order valence-corrected chi connectivity index (χ3v) is 7.34. The Bertz CT molecular complexity index is 1520. The van der Waals surface area contributed by atoms with E-state index in [-0.39, 0.29) is 0 Å². The minimum atomic E-state index is 0.333. The van der Waals surface area contributed by atoms with Gasteiger partial charge in [0.25, 0.3) is 0 Å². The number of anilines is 2. The molecule has 4 aromatic rings. The monoisotopic (exact) mass is 652 g/mol. The van der Waals surface area contributed by atoms with Crippen molar-refractivity contribution in [2.45, 2.75) is 0 Å². The third kappa shape index (κ3) is 10.5. The van der Waals surface area contributed by atoms with Crippen LogP contribution in [-0.4, -0.2) is 93.5 Å². The van der Waals surface area contributed by atoms with Crippen LogP contribution in [0.1, 0.15) is 11.1 Å². The standard InChI is InChI=1S/C38H44N4O6/c1-41(2)33-11-5-29(6-12-33)27-39-31-9-15-35-37(25-31)47-23-19-44-20-24-48-38-26-32(10-16-36(38)46-22-18-43-17-21-45-35)40-28-30-7-13-34(14-8-30)42(3)4/h5-16,25-28H,17-24H2,1-4H3. The first-order chi connectivity index (χ1) is 23.4. The molecule has 0 radical (unpaired) electrons. The number of hydrogen-bond donors (Lipinski definition) is 0. The van der Waals surface area contributed by atoms with Crippen LogP contribution >= 0.6 is 0 Å². The van der Waals surface area contributed by atoms with Crippen LogP contribution in [0.25, 0.3) is 0 Å². The van der Waals surface area contributed by atoms with Gasteiger partial charge in [0, 0.05) is 64.1 Å². The molecule has 0 saturated heterocycles. The zero-order valence-corrected chi connectivity index (χ0v) is 28.1. The van der Waals surface area contributed by atoms with Crippen molar-refractivity contribution in [2.24, 2.45) is 9.98 Å². The molecule has 1 aliphatic rings. The van der Waals surface area contributed by atoms with Crippen LogP contribution in [0, 0.1) is 0 Å². The van der Waals surface area contributed by atoms with Crippen molar-refractivity contribution in [3.63, 3.8) is 0 Å². The van der Waals surface area contributed by atoms with Gasteiger partial charge in [0.2, 0.25) is 0 Å². The average molecular weight is 653 g/mol. The molecule has 0 amide bonds. The van der Waals surface area contributed by atoms with Crippen LogP contribution < -0.4 is 28.7 Å². The van der Waals surface area contributed by atoms with Gasteiger partial charge >= 0.3 is 0 Å². The average Bonchev–Trinajstić information content (AvgIpc) is 3.10. The van der Waals surface area contributed by atoms with Gasteiger partial charge in [-0.2, -0.15) is 0 Å². The smallest absolute Gasteiger partial charge is 0.163 e. The Hall–Kier alpha value is -5.06. The van der Waals surface area contributed by atoms with Crippen LogP contribution in [-0.2, 0) is 9.47 Å². The number of fused-ring (bicyclic) bond motifs is 2. The van der Waals surface area contributed by atoms with Gasteiger partial charge in [-0.15, -0.1) is 0 Å². The fraction of sp³-hybridized carbons (Fsp3) is 0.316. The maximum absolute atomic E-state index is 6.07. The lowest BCUT2D eigenvalue weighted by Gasteiger charge is -2.16. The number of hydrogen-bond acceptors (Lipinski definition) is 10. The molecule has 0 aliphatic carbocycles. The second kappa shape index (κ2) is 17.7. The van der Waals surface area contributed by atoms with Crippen molar-refractivity contribution in [1.29, 1.82) is 0 Å². The summed E-state index contributed by atoms with van der Waals surface area (Å²) in [6.07, 6.45) is 3.67. The summed E-state index contributed by atoms with van der Waals surface area (Å²) in [7, 11) is 8.07. The molecule has 252 valence electrons. The molecule has 10 heteroatoms. The van der Waals surface area contributed by atoms with E-state index >= 15 is 0 Å². The quantitative estimate of drug-likeness (QED) is 0.216. The molecule has 5 rings (SSSR count). The molecule has 4 aromatic carbocycles. The zero-order valence-electron chi connectivity index (χ0n) is 28.1. The minimum absolute atomic E-state index is 0.333. The fourth-order valence-electron chi connectivity index (χ4n) is 4.68. The van der Waals surface area contributed by atoms with Crippen LogP contribution in [0.15, 0.2) is 94.9 Å². The van der Waals surface area contributed by atoms with Gasteiger partial charge in [-0.3, -0.25) is 9.98 Å². The first-order valence-corrected chi connectivity index (χ1v) is 16.0. The second-order valence-electron chi connectivity index (χ2n) is 11.4. The van der Waals surface area contributed by atoms with Crippen LogP contribution in [0.4, 0.5) is 22.7 Å². The van der Waals surface area contributed by atoms with Crippen LogP contribution in [0.3, 0.4) is 0 Å². The summed E-state index contributed by atoms with van der Waals surface area (Å²) in [6, 6.07) is 27.7. The zero-order chi connectivity index (χ0) is 33.6. The van der Waals surface area contributed by atoms with Gasteiger partial charge in [-0.1, -0.05) is 24.3 Å². The van der Waals surface area contributed by atoms with E-state index in [9.17, 15) is 0 Å². The molecule has 1 heterocycles. The van der Waals surface area contributed by atoms with E-state index in [2.05, 4.69) is 44.1 Å². The molecule has 0 atom stereocenters. The minimum Gasteiger partial charge on any atom is -0.487 e. The summed E-state index contributed by atoms with van der Waals surface area (Å²) >= 11 is 0. The molecular formula is C38H44N4O6. The van der Waals surface area contributed by atoms with Gasteiger partial charge in [0.15, 0.2) is 23.0 Å². The third-order valence-electron chi connectivity index (χ3n) is 7.34. The maximum Gasteiger partial charge on any atom is 0.163 e. The van der Waals surface area contributed by atoms with Crippen molar-refractivity contribution in [1.82, 2.24) is 0 Å². The number of benzene rings is 4. The van der Waals surface area contributed by atoms with Gasteiger partial charge in [-0.05, 0) is 59.7 Å². The van der Waals surface area contributed by atoms with Gasteiger partial charge in [0.1, 0.15) is 26.4 Å². The highest BCUT2D eigenvalue weighted by molar-refractivity contribution is 5.83. The first-order valence-electron chi connectivity index (χ1n) is 16.0. The summed E-state index contributed by atoms with van der Waals surface area (Å²) in [5, 5.41) is 0. The molecule has 0 unspecified atom stereocenters. The Balaban J connectivity index is 1.19. The molecule has 0 aromatic heterocycles. The van der Waals surface area contributed by atoms with Crippen molar-refractivity contribution in [3.8, 4) is 23.0 Å². The molecule has 0 bridgehead atoms. The predicted molar refractivity (Wildman–Crippen MR) is 193 cm³/mol. The molecular weight excluding hydrogens is 608 g/mol. The number of aliphatic imine (C=N–C) groups is 2. The summed E-state index contributed by atoms with van der Waals surface area (Å²) < 4.78 is 35.7. The van der Waals surface area contributed by atoms with E-state index in [0.717, 1.165) is 33.9 Å². The van der Waals surface area contributed by atoms with E-state index in [4.69, 9.17) is 28.4 Å². The maximum atomic E-state index is 6.07. The number of ether oxygens (including phenoxy) is 6. The van der Waals surface area contributed by atoms with E-state index in [1.165, 1.54) is 0 Å². The molecule has 10 nitrogen and oxygen atoms in total. The largest absolute Gasteiger partial charge is 0.487 e.